The maximum atomic E-state index is 13.7. The van der Waals surface area contributed by atoms with Crippen molar-refractivity contribution in [1.29, 1.82) is 0 Å². The summed E-state index contributed by atoms with van der Waals surface area (Å²) in [7, 11) is 1.60. The van der Waals surface area contributed by atoms with Crippen LogP contribution in [-0.2, 0) is 9.59 Å². The third-order valence-electron chi connectivity index (χ3n) is 6.55. The fourth-order valence-corrected chi connectivity index (χ4v) is 4.89. The van der Waals surface area contributed by atoms with Gasteiger partial charge >= 0.3 is 0 Å². The van der Waals surface area contributed by atoms with Crippen LogP contribution in [0.15, 0.2) is 58.7 Å². The molecule has 1 aliphatic carbocycles. The molecule has 0 radical (unpaired) electrons. The number of fused-ring (bicyclic) bond motifs is 1. The number of Topliss-reactive ketones (excluding diaryl/α,β-unsaturated/α-hetero) is 1. The van der Waals surface area contributed by atoms with Crippen molar-refractivity contribution in [2.45, 2.75) is 52.4 Å². The summed E-state index contributed by atoms with van der Waals surface area (Å²) < 4.78 is 11.4. The number of allylic oxidation sites excluding steroid dienone is 1. The molecular formula is C28H32N2O4. The third kappa shape index (κ3) is 4.63. The molecule has 2 atom stereocenters. The Morgan fingerprint density at radius 1 is 1.09 bits per heavy atom. The Morgan fingerprint density at radius 3 is 2.62 bits per heavy atom. The molecule has 1 fully saturated rings. The van der Waals surface area contributed by atoms with Gasteiger partial charge in [-0.25, -0.2) is 0 Å². The van der Waals surface area contributed by atoms with Gasteiger partial charge in [0.05, 0.1) is 19.6 Å². The fraction of sp³-hybridized carbons (Fsp3) is 0.393. The van der Waals surface area contributed by atoms with Crippen molar-refractivity contribution >= 4 is 23.1 Å². The summed E-state index contributed by atoms with van der Waals surface area (Å²) >= 11 is 0. The van der Waals surface area contributed by atoms with E-state index in [0.29, 0.717) is 35.8 Å². The maximum absolute atomic E-state index is 13.7. The lowest BCUT2D eigenvalue weighted by molar-refractivity contribution is -0.122. The first-order valence-corrected chi connectivity index (χ1v) is 11.9. The van der Waals surface area contributed by atoms with E-state index in [2.05, 4.69) is 5.32 Å². The Bertz CT molecular complexity index is 1160. The number of para-hydroxylation sites is 1. The fourth-order valence-electron chi connectivity index (χ4n) is 4.89. The van der Waals surface area contributed by atoms with Gasteiger partial charge in [0.25, 0.3) is 5.91 Å². The molecule has 0 saturated heterocycles. The van der Waals surface area contributed by atoms with Gasteiger partial charge in [0, 0.05) is 35.0 Å². The molecule has 4 rings (SSSR count). The monoisotopic (exact) mass is 460 g/mol. The Labute approximate surface area is 201 Å². The van der Waals surface area contributed by atoms with Crippen LogP contribution in [0.3, 0.4) is 0 Å². The number of nitrogens with one attached hydrogen (secondary N) is 1. The van der Waals surface area contributed by atoms with Crippen LogP contribution in [0.25, 0.3) is 0 Å². The highest BCUT2D eigenvalue weighted by atomic mass is 16.5. The Kier molecular flexibility index (Phi) is 7.15. The zero-order valence-corrected chi connectivity index (χ0v) is 20.3. The second-order valence-electron chi connectivity index (χ2n) is 8.91. The van der Waals surface area contributed by atoms with E-state index in [1.807, 2.05) is 63.2 Å². The number of aryl methyl sites for hydroxylation is 1. The van der Waals surface area contributed by atoms with Gasteiger partial charge in [0.2, 0.25) is 0 Å². The number of aliphatic imine (C=N–C) groups is 1. The van der Waals surface area contributed by atoms with Crippen molar-refractivity contribution in [2.75, 3.05) is 19.0 Å². The van der Waals surface area contributed by atoms with E-state index >= 15 is 0 Å². The minimum absolute atomic E-state index is 0.133. The number of benzene rings is 2. The maximum Gasteiger partial charge on any atom is 0.254 e. The van der Waals surface area contributed by atoms with E-state index < -0.39 is 11.8 Å². The van der Waals surface area contributed by atoms with E-state index in [4.69, 9.17) is 14.5 Å². The van der Waals surface area contributed by atoms with Crippen LogP contribution < -0.4 is 14.8 Å². The minimum Gasteiger partial charge on any atom is -0.493 e. The average molecular weight is 461 g/mol. The molecule has 1 saturated carbocycles. The van der Waals surface area contributed by atoms with Gasteiger partial charge in [0.1, 0.15) is 5.78 Å². The quantitative estimate of drug-likeness (QED) is 0.582. The molecule has 1 aliphatic heterocycles. The first-order valence-electron chi connectivity index (χ1n) is 11.9. The zero-order valence-electron chi connectivity index (χ0n) is 20.3. The molecule has 2 aromatic carbocycles. The van der Waals surface area contributed by atoms with Crippen LogP contribution in [0.5, 0.6) is 11.5 Å². The average Bonchev–Trinajstić information content (AvgIpc) is 2.83. The summed E-state index contributed by atoms with van der Waals surface area (Å²) in [6.45, 7) is 6.44. The number of nitrogens with zero attached hydrogens (tertiary/aromatic N) is 1. The predicted molar refractivity (Wildman–Crippen MR) is 134 cm³/mol. The summed E-state index contributed by atoms with van der Waals surface area (Å²) in [4.78, 5) is 31.6. The number of hydrogen-bond donors (Lipinski definition) is 1. The summed E-state index contributed by atoms with van der Waals surface area (Å²) in [6.07, 6.45) is 2.95. The van der Waals surface area contributed by atoms with Crippen LogP contribution in [-0.4, -0.2) is 31.1 Å². The molecule has 1 amide bonds. The zero-order chi connectivity index (χ0) is 24.2. The lowest BCUT2D eigenvalue weighted by Crippen LogP contribution is -2.39. The molecule has 34 heavy (non-hydrogen) atoms. The number of ether oxygens (including phenoxy) is 2. The van der Waals surface area contributed by atoms with Crippen LogP contribution in [0.1, 0.15) is 56.6 Å². The Hall–Kier alpha value is -3.41. The molecule has 0 spiro atoms. The lowest BCUT2D eigenvalue weighted by Gasteiger charge is -2.36. The number of rotatable bonds is 7. The molecule has 178 valence electrons. The van der Waals surface area contributed by atoms with Gasteiger partial charge in [-0.3, -0.25) is 14.6 Å². The number of carbonyl (C=O) groups excluding carboxylic acids is 2. The third-order valence-corrected chi connectivity index (χ3v) is 6.55. The lowest BCUT2D eigenvalue weighted by atomic mass is 9.69. The molecule has 6 nitrogen and oxygen atoms in total. The van der Waals surface area contributed by atoms with Crippen molar-refractivity contribution in [3.8, 4) is 11.5 Å². The Balaban J connectivity index is 1.79. The molecule has 2 aliphatic rings. The van der Waals surface area contributed by atoms with E-state index in [1.165, 1.54) is 0 Å². The summed E-state index contributed by atoms with van der Waals surface area (Å²) in [6, 6.07) is 13.4. The van der Waals surface area contributed by atoms with Gasteiger partial charge in [-0.15, -0.1) is 0 Å². The van der Waals surface area contributed by atoms with Crippen LogP contribution >= 0.6 is 0 Å². The highest BCUT2D eigenvalue weighted by Crippen LogP contribution is 2.45. The van der Waals surface area contributed by atoms with Crippen molar-refractivity contribution < 1.29 is 19.1 Å². The van der Waals surface area contributed by atoms with Crippen molar-refractivity contribution in [2.24, 2.45) is 10.9 Å². The highest BCUT2D eigenvalue weighted by molar-refractivity contribution is 6.14. The van der Waals surface area contributed by atoms with Crippen molar-refractivity contribution in [1.82, 2.24) is 0 Å². The van der Waals surface area contributed by atoms with E-state index in [1.54, 1.807) is 7.11 Å². The van der Waals surface area contributed by atoms with E-state index in [-0.39, 0.29) is 11.7 Å². The first-order chi connectivity index (χ1) is 16.4. The van der Waals surface area contributed by atoms with Gasteiger partial charge in [-0.05, 0) is 62.4 Å². The molecular weight excluding hydrogens is 428 g/mol. The summed E-state index contributed by atoms with van der Waals surface area (Å²) in [5.41, 5.74) is 4.62. The Morgan fingerprint density at radius 2 is 1.88 bits per heavy atom. The SMILES string of the molecule is CCCOc1ccc([C@H]2C(C(=O)Nc3ccccc3C)=C(C)N=C3CCCC(=O)C32)cc1OC. The van der Waals surface area contributed by atoms with E-state index in [0.717, 1.165) is 41.8 Å². The van der Waals surface area contributed by atoms with Crippen molar-refractivity contribution in [3.63, 3.8) is 0 Å². The van der Waals surface area contributed by atoms with Crippen molar-refractivity contribution in [3.05, 3.63) is 64.9 Å². The molecule has 2 aromatic rings. The van der Waals surface area contributed by atoms with Gasteiger partial charge in [-0.2, -0.15) is 0 Å². The normalized spacial score (nSPS) is 19.9. The predicted octanol–water partition coefficient (Wildman–Crippen LogP) is 5.61. The van der Waals surface area contributed by atoms with Crippen LogP contribution in [0, 0.1) is 12.8 Å². The van der Waals surface area contributed by atoms with Gasteiger partial charge in [-0.1, -0.05) is 31.2 Å². The van der Waals surface area contributed by atoms with Gasteiger partial charge < -0.3 is 14.8 Å². The number of anilines is 1. The largest absolute Gasteiger partial charge is 0.493 e. The number of methoxy groups -OCH3 is 1. The summed E-state index contributed by atoms with van der Waals surface area (Å²) in [5.74, 6) is 0.270. The standard InChI is InChI=1S/C28H32N2O4/c1-5-15-34-23-14-13-19(16-24(23)33-4)26-25(28(32)30-20-10-7-6-9-17(20)2)18(3)29-21-11-8-12-22(31)27(21)26/h6-7,9-10,13-14,16,26-27H,5,8,11-12,15H2,1-4H3,(H,30,32)/t26-,27?/m0/s1. The molecule has 0 aromatic heterocycles. The number of amides is 1. The minimum atomic E-state index is -0.442. The second kappa shape index (κ2) is 10.2. The smallest absolute Gasteiger partial charge is 0.254 e. The van der Waals surface area contributed by atoms with Crippen LogP contribution in [0.2, 0.25) is 0 Å². The first kappa shape index (κ1) is 23.7. The number of hydrogen-bond acceptors (Lipinski definition) is 5. The topological polar surface area (TPSA) is 77.0 Å². The molecule has 1 heterocycles. The molecule has 1 N–H and O–H groups in total. The molecule has 6 heteroatoms. The molecule has 1 unspecified atom stereocenters. The van der Waals surface area contributed by atoms with E-state index in [9.17, 15) is 9.59 Å². The number of ketones is 1. The van der Waals surface area contributed by atoms with Gasteiger partial charge in [0.15, 0.2) is 11.5 Å². The summed E-state index contributed by atoms with van der Waals surface area (Å²) in [5, 5.41) is 3.06. The second-order valence-corrected chi connectivity index (χ2v) is 8.91. The molecule has 0 bridgehead atoms. The highest BCUT2D eigenvalue weighted by Gasteiger charge is 2.43. The van der Waals surface area contributed by atoms with Crippen LogP contribution in [0.4, 0.5) is 5.69 Å². The number of carbonyl (C=O) groups is 2.